The van der Waals surface area contributed by atoms with E-state index in [4.69, 9.17) is 9.47 Å². The minimum atomic E-state index is -0.317. The molecule has 5 heteroatoms. The van der Waals surface area contributed by atoms with Crippen molar-refractivity contribution in [1.29, 1.82) is 0 Å². The summed E-state index contributed by atoms with van der Waals surface area (Å²) in [6.07, 6.45) is -0.317. The van der Waals surface area contributed by atoms with Crippen molar-refractivity contribution in [1.82, 2.24) is 5.32 Å². The van der Waals surface area contributed by atoms with E-state index in [2.05, 4.69) is 21.2 Å². The molecule has 0 fully saturated rings. The lowest BCUT2D eigenvalue weighted by atomic mass is 10.1. The largest absolute Gasteiger partial charge is 0.454 e. The van der Waals surface area contributed by atoms with Crippen molar-refractivity contribution < 1.29 is 14.6 Å². The highest BCUT2D eigenvalue weighted by Gasteiger charge is 2.18. The first-order valence-electron chi connectivity index (χ1n) is 6.04. The minimum Gasteiger partial charge on any atom is -0.454 e. The van der Waals surface area contributed by atoms with Crippen LogP contribution in [0.5, 0.6) is 11.5 Å². The van der Waals surface area contributed by atoms with Gasteiger partial charge in [-0.3, -0.25) is 0 Å². The van der Waals surface area contributed by atoms with E-state index in [9.17, 15) is 5.11 Å². The molecule has 2 rings (SSSR count). The molecule has 18 heavy (non-hydrogen) atoms. The Balaban J connectivity index is 1.92. The molecule has 1 aromatic rings. The lowest BCUT2D eigenvalue weighted by Crippen LogP contribution is -2.30. The van der Waals surface area contributed by atoms with E-state index in [-0.39, 0.29) is 18.8 Å². The fraction of sp³-hybridized carbons (Fsp3) is 0.538. The van der Waals surface area contributed by atoms with Crippen LogP contribution in [0.1, 0.15) is 19.4 Å². The van der Waals surface area contributed by atoms with Crippen molar-refractivity contribution in [2.75, 3.05) is 13.3 Å². The molecule has 0 aliphatic carbocycles. The predicted octanol–water partition coefficient (Wildman–Crippen LogP) is 2.28. The molecule has 0 bridgehead atoms. The number of halogens is 1. The molecule has 2 N–H and O–H groups in total. The van der Waals surface area contributed by atoms with Crippen LogP contribution < -0.4 is 14.8 Å². The van der Waals surface area contributed by atoms with E-state index in [1.165, 1.54) is 0 Å². The monoisotopic (exact) mass is 315 g/mol. The van der Waals surface area contributed by atoms with Gasteiger partial charge >= 0.3 is 0 Å². The standard InChI is InChI=1S/C13H18BrNO3/c1-8(2)11(16)6-15-5-9-3-10(14)13-12(4-9)17-7-18-13/h3-4,8,11,15-16H,5-7H2,1-2H3. The number of nitrogens with one attached hydrogen (secondary N) is 1. The number of hydrogen-bond acceptors (Lipinski definition) is 4. The Morgan fingerprint density at radius 1 is 1.39 bits per heavy atom. The number of ether oxygens (including phenoxy) is 2. The summed E-state index contributed by atoms with van der Waals surface area (Å²) in [6.45, 7) is 5.56. The van der Waals surface area contributed by atoms with Crippen LogP contribution in [0.4, 0.5) is 0 Å². The van der Waals surface area contributed by atoms with Gasteiger partial charge in [-0.15, -0.1) is 0 Å². The van der Waals surface area contributed by atoms with E-state index in [0.717, 1.165) is 21.5 Å². The maximum absolute atomic E-state index is 9.70. The number of fused-ring (bicyclic) bond motifs is 1. The zero-order valence-corrected chi connectivity index (χ0v) is 12.2. The van der Waals surface area contributed by atoms with Gasteiger partial charge in [0.1, 0.15) is 0 Å². The second kappa shape index (κ2) is 5.91. The van der Waals surface area contributed by atoms with Gasteiger partial charge in [0.2, 0.25) is 6.79 Å². The van der Waals surface area contributed by atoms with Gasteiger partial charge in [-0.05, 0) is 39.5 Å². The Hall–Kier alpha value is -0.780. The topological polar surface area (TPSA) is 50.7 Å². The highest BCUT2D eigenvalue weighted by atomic mass is 79.9. The predicted molar refractivity (Wildman–Crippen MR) is 72.8 cm³/mol. The highest BCUT2D eigenvalue weighted by Crippen LogP contribution is 2.39. The van der Waals surface area contributed by atoms with Gasteiger partial charge in [-0.25, -0.2) is 0 Å². The number of hydrogen-bond donors (Lipinski definition) is 2. The lowest BCUT2D eigenvalue weighted by molar-refractivity contribution is 0.123. The summed E-state index contributed by atoms with van der Waals surface area (Å²) in [4.78, 5) is 0. The van der Waals surface area contributed by atoms with Crippen LogP contribution in [-0.2, 0) is 6.54 Å². The fourth-order valence-electron chi connectivity index (χ4n) is 1.72. The molecule has 1 aliphatic rings. The van der Waals surface area contributed by atoms with E-state index < -0.39 is 0 Å². The number of aliphatic hydroxyl groups excluding tert-OH is 1. The quantitative estimate of drug-likeness (QED) is 0.875. The third-order valence-electron chi connectivity index (χ3n) is 2.94. The molecule has 0 saturated carbocycles. The van der Waals surface area contributed by atoms with Gasteiger partial charge < -0.3 is 19.9 Å². The first-order chi connectivity index (χ1) is 8.58. The molecule has 0 amide bonds. The van der Waals surface area contributed by atoms with Crippen molar-refractivity contribution in [2.24, 2.45) is 5.92 Å². The summed E-state index contributed by atoms with van der Waals surface area (Å²) in [6, 6.07) is 3.96. The van der Waals surface area contributed by atoms with Crippen molar-refractivity contribution in [3.63, 3.8) is 0 Å². The van der Waals surface area contributed by atoms with Gasteiger partial charge in [-0.1, -0.05) is 13.8 Å². The summed E-state index contributed by atoms with van der Waals surface area (Å²) in [5.74, 6) is 1.80. The first kappa shape index (κ1) is 13.6. The van der Waals surface area contributed by atoms with Crippen LogP contribution in [-0.4, -0.2) is 24.5 Å². The Morgan fingerprint density at radius 3 is 2.89 bits per heavy atom. The zero-order chi connectivity index (χ0) is 13.1. The molecule has 0 spiro atoms. The molecule has 0 aromatic heterocycles. The number of rotatable bonds is 5. The lowest BCUT2D eigenvalue weighted by Gasteiger charge is -2.15. The van der Waals surface area contributed by atoms with Gasteiger partial charge in [0.05, 0.1) is 10.6 Å². The smallest absolute Gasteiger partial charge is 0.231 e. The third-order valence-corrected chi connectivity index (χ3v) is 3.53. The van der Waals surface area contributed by atoms with Crippen LogP contribution in [0.25, 0.3) is 0 Å². The molecule has 1 atom stereocenters. The summed E-state index contributed by atoms with van der Waals surface area (Å²) in [5.41, 5.74) is 1.10. The van der Waals surface area contributed by atoms with Crippen LogP contribution in [0.2, 0.25) is 0 Å². The molecule has 1 unspecified atom stereocenters. The number of benzene rings is 1. The molecule has 0 saturated heterocycles. The second-order valence-electron chi connectivity index (χ2n) is 4.75. The SMILES string of the molecule is CC(C)C(O)CNCc1cc(Br)c2c(c1)OCO2. The summed E-state index contributed by atoms with van der Waals surface area (Å²) in [5, 5.41) is 12.9. The van der Waals surface area contributed by atoms with Gasteiger partial charge in [0.25, 0.3) is 0 Å². The van der Waals surface area contributed by atoms with Crippen LogP contribution >= 0.6 is 15.9 Å². The molecule has 100 valence electrons. The Labute approximate surface area is 115 Å². The molecular weight excluding hydrogens is 298 g/mol. The molecule has 1 heterocycles. The normalized spacial score (nSPS) is 15.2. The molecule has 1 aromatic carbocycles. The Kier molecular flexibility index (Phi) is 4.48. The summed E-state index contributed by atoms with van der Waals surface area (Å²) in [7, 11) is 0. The Morgan fingerprint density at radius 2 is 2.17 bits per heavy atom. The maximum Gasteiger partial charge on any atom is 0.231 e. The van der Waals surface area contributed by atoms with E-state index in [1.54, 1.807) is 0 Å². The highest BCUT2D eigenvalue weighted by molar-refractivity contribution is 9.10. The summed E-state index contributed by atoms with van der Waals surface area (Å²) >= 11 is 3.46. The van der Waals surface area contributed by atoms with Crippen molar-refractivity contribution in [3.8, 4) is 11.5 Å². The van der Waals surface area contributed by atoms with Gasteiger partial charge in [0, 0.05) is 13.1 Å². The third kappa shape index (κ3) is 3.16. The van der Waals surface area contributed by atoms with Gasteiger partial charge in [-0.2, -0.15) is 0 Å². The van der Waals surface area contributed by atoms with Gasteiger partial charge in [0.15, 0.2) is 11.5 Å². The van der Waals surface area contributed by atoms with E-state index >= 15 is 0 Å². The molecule has 1 aliphatic heterocycles. The summed E-state index contributed by atoms with van der Waals surface area (Å²) < 4.78 is 11.6. The minimum absolute atomic E-state index is 0.265. The fourth-order valence-corrected chi connectivity index (χ4v) is 2.33. The molecule has 0 radical (unpaired) electrons. The van der Waals surface area contributed by atoms with E-state index in [0.29, 0.717) is 13.1 Å². The van der Waals surface area contributed by atoms with Crippen molar-refractivity contribution >= 4 is 15.9 Å². The Bertz CT molecular complexity index is 423. The van der Waals surface area contributed by atoms with Crippen LogP contribution in [0.15, 0.2) is 16.6 Å². The number of aliphatic hydroxyl groups is 1. The molecular formula is C13H18BrNO3. The average molecular weight is 316 g/mol. The van der Waals surface area contributed by atoms with Crippen LogP contribution in [0, 0.1) is 5.92 Å². The average Bonchev–Trinajstić information content (AvgIpc) is 2.77. The van der Waals surface area contributed by atoms with E-state index in [1.807, 2.05) is 26.0 Å². The molecule has 4 nitrogen and oxygen atoms in total. The maximum atomic E-state index is 9.70. The van der Waals surface area contributed by atoms with Crippen molar-refractivity contribution in [2.45, 2.75) is 26.5 Å². The van der Waals surface area contributed by atoms with Crippen LogP contribution in [0.3, 0.4) is 0 Å². The van der Waals surface area contributed by atoms with Crippen molar-refractivity contribution in [3.05, 3.63) is 22.2 Å². The first-order valence-corrected chi connectivity index (χ1v) is 6.84. The second-order valence-corrected chi connectivity index (χ2v) is 5.61. The zero-order valence-electron chi connectivity index (χ0n) is 10.6.